The van der Waals surface area contributed by atoms with Gasteiger partial charge in [0.1, 0.15) is 0 Å². The van der Waals surface area contributed by atoms with Gasteiger partial charge in [-0.2, -0.15) is 0 Å². The molecule has 88 valence electrons. The molecular weight excluding hydrogens is 222 g/mol. The third kappa shape index (κ3) is 2.83. The first-order valence-electron chi connectivity index (χ1n) is 5.67. The van der Waals surface area contributed by atoms with E-state index in [1.165, 1.54) is 24.2 Å². The molecule has 0 saturated carbocycles. The molecule has 1 unspecified atom stereocenters. The Bertz CT molecular complexity index is 345. The van der Waals surface area contributed by atoms with Gasteiger partial charge in [-0.1, -0.05) is 0 Å². The molecule has 0 N–H and O–H groups in total. The molecule has 2 rings (SSSR count). The summed E-state index contributed by atoms with van der Waals surface area (Å²) in [5.41, 5.74) is 0. The molecule has 1 aromatic rings. The van der Waals surface area contributed by atoms with Crippen LogP contribution in [0.25, 0.3) is 0 Å². The van der Waals surface area contributed by atoms with Gasteiger partial charge in [-0.15, -0.1) is 11.3 Å². The Hall–Kier alpha value is -0.870. The van der Waals surface area contributed by atoms with Crippen molar-refractivity contribution in [1.82, 2.24) is 0 Å². The van der Waals surface area contributed by atoms with Gasteiger partial charge in [0, 0.05) is 20.2 Å². The number of carbonyl (C=O) groups excluding carboxylic acids is 1. The maximum Gasteiger partial charge on any atom is 0.160 e. The first kappa shape index (κ1) is 11.6. The van der Waals surface area contributed by atoms with E-state index >= 15 is 0 Å². The number of carbonyl (C=O) groups is 1. The second-order valence-corrected chi connectivity index (χ2v) is 5.26. The lowest BCUT2D eigenvalue weighted by molar-refractivity contribution is 0.0217. The summed E-state index contributed by atoms with van der Waals surface area (Å²) in [4.78, 5) is 13.6. The summed E-state index contributed by atoms with van der Waals surface area (Å²) in [6.07, 6.45) is 4.85. The van der Waals surface area contributed by atoms with Crippen LogP contribution in [0, 0.1) is 0 Å². The van der Waals surface area contributed by atoms with E-state index in [9.17, 15) is 4.79 Å². The van der Waals surface area contributed by atoms with Gasteiger partial charge in [-0.3, -0.25) is 4.79 Å². The van der Waals surface area contributed by atoms with Crippen molar-refractivity contribution in [3.8, 4) is 0 Å². The predicted octanol–water partition coefficient (Wildman–Crippen LogP) is 2.57. The summed E-state index contributed by atoms with van der Waals surface area (Å²) < 4.78 is 5.70. The number of aldehydes is 1. The molecule has 1 aliphatic heterocycles. The van der Waals surface area contributed by atoms with Crippen LogP contribution in [0.1, 0.15) is 28.9 Å². The molecule has 0 bridgehead atoms. The first-order valence-corrected chi connectivity index (χ1v) is 6.49. The van der Waals surface area contributed by atoms with Crippen LogP contribution in [-0.2, 0) is 4.74 Å². The maximum absolute atomic E-state index is 10.6. The second-order valence-electron chi connectivity index (χ2n) is 4.16. The highest BCUT2D eigenvalue weighted by Crippen LogP contribution is 2.25. The minimum absolute atomic E-state index is 0.348. The van der Waals surface area contributed by atoms with Gasteiger partial charge < -0.3 is 9.64 Å². The topological polar surface area (TPSA) is 29.5 Å². The van der Waals surface area contributed by atoms with Crippen molar-refractivity contribution in [2.75, 3.05) is 25.1 Å². The molecule has 0 spiro atoms. The molecule has 0 aliphatic carbocycles. The minimum Gasteiger partial charge on any atom is -0.376 e. The smallest absolute Gasteiger partial charge is 0.160 e. The summed E-state index contributed by atoms with van der Waals surface area (Å²) in [5, 5.41) is 1.14. The number of anilines is 1. The van der Waals surface area contributed by atoms with Gasteiger partial charge in [0.15, 0.2) is 6.29 Å². The van der Waals surface area contributed by atoms with E-state index in [-0.39, 0.29) is 0 Å². The maximum atomic E-state index is 10.6. The van der Waals surface area contributed by atoms with Gasteiger partial charge in [-0.25, -0.2) is 0 Å². The molecule has 0 radical (unpaired) electrons. The van der Waals surface area contributed by atoms with Gasteiger partial charge in [-0.05, 0) is 31.4 Å². The first-order chi connectivity index (χ1) is 7.79. The summed E-state index contributed by atoms with van der Waals surface area (Å²) >= 11 is 1.53. The van der Waals surface area contributed by atoms with Crippen molar-refractivity contribution in [2.45, 2.75) is 25.4 Å². The van der Waals surface area contributed by atoms with Crippen LogP contribution in [-0.4, -0.2) is 32.6 Å². The van der Waals surface area contributed by atoms with Crippen LogP contribution < -0.4 is 4.90 Å². The summed E-state index contributed by atoms with van der Waals surface area (Å²) in [7, 11) is 2.05. The standard InChI is InChI=1S/C12H17NO2S/c1-13(8-10-4-2-3-7-15-10)12-6-5-11(9-14)16-12/h5-6,9-10H,2-4,7-8H2,1H3. The van der Waals surface area contributed by atoms with Crippen LogP contribution in [0.3, 0.4) is 0 Å². The van der Waals surface area contributed by atoms with E-state index in [0.29, 0.717) is 6.10 Å². The van der Waals surface area contributed by atoms with Crippen LogP contribution in [0.2, 0.25) is 0 Å². The third-order valence-corrected chi connectivity index (χ3v) is 3.98. The Labute approximate surface area is 100 Å². The lowest BCUT2D eigenvalue weighted by Crippen LogP contribution is -2.32. The SMILES string of the molecule is CN(CC1CCCCO1)c1ccc(C=O)s1. The fraction of sp³-hybridized carbons (Fsp3) is 0.583. The lowest BCUT2D eigenvalue weighted by atomic mass is 10.1. The molecule has 0 amide bonds. The Morgan fingerprint density at radius 3 is 3.06 bits per heavy atom. The van der Waals surface area contributed by atoms with Crippen LogP contribution in [0.5, 0.6) is 0 Å². The zero-order chi connectivity index (χ0) is 11.4. The Kier molecular flexibility index (Phi) is 3.96. The van der Waals surface area contributed by atoms with E-state index < -0.39 is 0 Å². The molecule has 1 fully saturated rings. The van der Waals surface area contributed by atoms with E-state index in [4.69, 9.17) is 4.74 Å². The van der Waals surface area contributed by atoms with E-state index in [2.05, 4.69) is 11.9 Å². The molecule has 16 heavy (non-hydrogen) atoms. The monoisotopic (exact) mass is 239 g/mol. The van der Waals surface area contributed by atoms with E-state index in [0.717, 1.165) is 35.7 Å². The summed E-state index contributed by atoms with van der Waals surface area (Å²) in [6.45, 7) is 1.81. The Balaban J connectivity index is 1.90. The van der Waals surface area contributed by atoms with Crippen molar-refractivity contribution in [3.05, 3.63) is 17.0 Å². The Morgan fingerprint density at radius 1 is 1.56 bits per heavy atom. The number of hydrogen-bond acceptors (Lipinski definition) is 4. The van der Waals surface area contributed by atoms with Gasteiger partial charge in [0.05, 0.1) is 16.0 Å². The van der Waals surface area contributed by atoms with Gasteiger partial charge in [0.2, 0.25) is 0 Å². The molecule has 1 atom stereocenters. The molecule has 1 aromatic heterocycles. The molecule has 3 nitrogen and oxygen atoms in total. The number of ether oxygens (including phenoxy) is 1. The molecule has 2 heterocycles. The zero-order valence-electron chi connectivity index (χ0n) is 9.52. The summed E-state index contributed by atoms with van der Waals surface area (Å²) in [6, 6.07) is 3.86. The minimum atomic E-state index is 0.348. The fourth-order valence-corrected chi connectivity index (χ4v) is 2.75. The lowest BCUT2D eigenvalue weighted by Gasteiger charge is -2.27. The molecule has 1 saturated heterocycles. The number of thiophene rings is 1. The quantitative estimate of drug-likeness (QED) is 0.756. The second kappa shape index (κ2) is 5.46. The number of likely N-dealkylation sites (N-methyl/N-ethyl adjacent to an activating group) is 1. The molecule has 4 heteroatoms. The average molecular weight is 239 g/mol. The van der Waals surface area contributed by atoms with Crippen molar-refractivity contribution >= 4 is 22.6 Å². The van der Waals surface area contributed by atoms with Crippen LogP contribution in [0.15, 0.2) is 12.1 Å². The predicted molar refractivity (Wildman–Crippen MR) is 66.6 cm³/mol. The molecule has 0 aromatic carbocycles. The number of rotatable bonds is 4. The van der Waals surface area contributed by atoms with E-state index in [1.807, 2.05) is 12.1 Å². The highest BCUT2D eigenvalue weighted by atomic mass is 32.1. The Morgan fingerprint density at radius 2 is 2.44 bits per heavy atom. The largest absolute Gasteiger partial charge is 0.376 e. The van der Waals surface area contributed by atoms with Gasteiger partial charge in [0.25, 0.3) is 0 Å². The van der Waals surface area contributed by atoms with E-state index in [1.54, 1.807) is 0 Å². The molecular formula is C12H17NO2S. The van der Waals surface area contributed by atoms with Crippen LogP contribution in [0.4, 0.5) is 5.00 Å². The highest BCUT2D eigenvalue weighted by Gasteiger charge is 2.16. The normalized spacial score (nSPS) is 20.7. The van der Waals surface area contributed by atoms with Crippen molar-refractivity contribution in [3.63, 3.8) is 0 Å². The van der Waals surface area contributed by atoms with Crippen LogP contribution >= 0.6 is 11.3 Å². The highest BCUT2D eigenvalue weighted by molar-refractivity contribution is 7.17. The summed E-state index contributed by atoms with van der Waals surface area (Å²) in [5.74, 6) is 0. The van der Waals surface area contributed by atoms with Crippen molar-refractivity contribution in [1.29, 1.82) is 0 Å². The zero-order valence-corrected chi connectivity index (χ0v) is 10.3. The average Bonchev–Trinajstić information content (AvgIpc) is 2.79. The van der Waals surface area contributed by atoms with Crippen molar-refractivity contribution in [2.24, 2.45) is 0 Å². The van der Waals surface area contributed by atoms with Crippen molar-refractivity contribution < 1.29 is 9.53 Å². The molecule has 1 aliphatic rings. The fourth-order valence-electron chi connectivity index (χ4n) is 1.96. The number of nitrogens with zero attached hydrogens (tertiary/aromatic N) is 1. The third-order valence-electron chi connectivity index (χ3n) is 2.86. The van der Waals surface area contributed by atoms with Gasteiger partial charge >= 0.3 is 0 Å². The number of hydrogen-bond donors (Lipinski definition) is 0.